The van der Waals surface area contributed by atoms with Crippen molar-refractivity contribution in [2.75, 3.05) is 53.5 Å². The SMILES string of the molecule is COc1cc(-c2nccc(-c3cccc(-c4ccc(CN5CC6(CNC(=O)C6)C5)c(OC)n4)c3F)c2F)ccc1CN1CC2(CNC(=O)C2)C1. The van der Waals surface area contributed by atoms with Crippen LogP contribution in [0.3, 0.4) is 0 Å². The highest BCUT2D eigenvalue weighted by Gasteiger charge is 2.49. The number of benzene rings is 2. The number of hydrogen-bond acceptors (Lipinski definition) is 8. The second-order valence-electron chi connectivity index (χ2n) is 14.3. The van der Waals surface area contributed by atoms with Crippen LogP contribution in [0.25, 0.3) is 33.6 Å². The van der Waals surface area contributed by atoms with Crippen molar-refractivity contribution in [1.82, 2.24) is 30.4 Å². The van der Waals surface area contributed by atoms with Crippen LogP contribution in [0.2, 0.25) is 0 Å². The molecule has 4 saturated heterocycles. The molecule has 10 nitrogen and oxygen atoms in total. The van der Waals surface area contributed by atoms with E-state index in [9.17, 15) is 9.59 Å². The van der Waals surface area contributed by atoms with Gasteiger partial charge in [-0.25, -0.2) is 13.8 Å². The number of carbonyl (C=O) groups excluding carboxylic acids is 2. The van der Waals surface area contributed by atoms with Crippen molar-refractivity contribution in [1.29, 1.82) is 0 Å². The van der Waals surface area contributed by atoms with Crippen molar-refractivity contribution in [2.24, 2.45) is 10.8 Å². The van der Waals surface area contributed by atoms with Crippen molar-refractivity contribution >= 4 is 11.8 Å². The van der Waals surface area contributed by atoms with Crippen molar-refractivity contribution < 1.29 is 27.8 Å². The van der Waals surface area contributed by atoms with E-state index in [0.29, 0.717) is 61.9 Å². The lowest BCUT2D eigenvalue weighted by Crippen LogP contribution is -2.56. The summed E-state index contributed by atoms with van der Waals surface area (Å²) < 4.78 is 43.8. The zero-order valence-corrected chi connectivity index (χ0v) is 28.0. The molecule has 12 heteroatoms. The summed E-state index contributed by atoms with van der Waals surface area (Å²) in [6, 6.07) is 15.4. The van der Waals surface area contributed by atoms with Gasteiger partial charge in [0.25, 0.3) is 0 Å². The molecule has 2 aromatic heterocycles. The van der Waals surface area contributed by atoms with E-state index in [-0.39, 0.29) is 45.0 Å². The highest BCUT2D eigenvalue weighted by molar-refractivity contribution is 5.80. The van der Waals surface area contributed by atoms with Crippen LogP contribution in [0.4, 0.5) is 8.78 Å². The molecule has 2 spiro atoms. The standard InChI is InChI=1S/C38H38F2N6O4/c1-49-30-12-23(6-7-24(30)15-45-19-37(20-45)13-31(47)42-17-37)35-34(40)27(10-11-41-35)26-4-3-5-28(33(26)39)29-9-8-25(36(44-29)50-2)16-46-21-38(22-46)14-32(48)43-18-38/h3-12H,13-22H2,1-2H3,(H,42,47)(H,43,48). The summed E-state index contributed by atoms with van der Waals surface area (Å²) in [6.45, 7) is 5.94. The molecule has 0 atom stereocenters. The van der Waals surface area contributed by atoms with Gasteiger partial charge in [0, 0.05) is 116 Å². The highest BCUT2D eigenvalue weighted by Crippen LogP contribution is 2.41. The van der Waals surface area contributed by atoms with Gasteiger partial charge in [-0.2, -0.15) is 0 Å². The molecule has 258 valence electrons. The minimum absolute atomic E-state index is 0.00803. The fourth-order valence-electron chi connectivity index (χ4n) is 8.19. The van der Waals surface area contributed by atoms with E-state index >= 15 is 8.78 Å². The lowest BCUT2D eigenvalue weighted by molar-refractivity contribution is -0.121. The van der Waals surface area contributed by atoms with Crippen LogP contribution in [-0.2, 0) is 22.7 Å². The van der Waals surface area contributed by atoms with E-state index in [0.717, 1.165) is 37.3 Å². The van der Waals surface area contributed by atoms with Crippen molar-refractivity contribution in [2.45, 2.75) is 25.9 Å². The number of hydrogen-bond donors (Lipinski definition) is 2. The van der Waals surface area contributed by atoms with Crippen LogP contribution in [0.15, 0.2) is 60.8 Å². The third-order valence-corrected chi connectivity index (χ3v) is 10.6. The molecule has 0 saturated carbocycles. The molecule has 2 N–H and O–H groups in total. The van der Waals surface area contributed by atoms with Gasteiger partial charge in [0.15, 0.2) is 5.82 Å². The Hall–Kier alpha value is -4.94. The monoisotopic (exact) mass is 680 g/mol. The molecule has 4 aliphatic rings. The van der Waals surface area contributed by atoms with E-state index in [1.54, 1.807) is 43.5 Å². The van der Waals surface area contributed by atoms with Gasteiger partial charge in [-0.05, 0) is 24.3 Å². The van der Waals surface area contributed by atoms with Gasteiger partial charge >= 0.3 is 0 Å². The Bertz CT molecular complexity index is 1870. The number of carbonyl (C=O) groups is 2. The number of nitrogens with zero attached hydrogens (tertiary/aromatic N) is 4. The van der Waals surface area contributed by atoms with Crippen molar-refractivity contribution in [3.63, 3.8) is 0 Å². The lowest BCUT2D eigenvalue weighted by Gasteiger charge is -2.47. The second kappa shape index (κ2) is 12.4. The minimum Gasteiger partial charge on any atom is -0.496 e. The van der Waals surface area contributed by atoms with Crippen molar-refractivity contribution in [3.8, 4) is 45.3 Å². The number of pyridine rings is 2. The number of likely N-dealkylation sites (tertiary alicyclic amines) is 2. The highest BCUT2D eigenvalue weighted by atomic mass is 19.1. The molecule has 4 aliphatic heterocycles. The molecule has 0 unspecified atom stereocenters. The Morgan fingerprint density at radius 3 is 2.00 bits per heavy atom. The van der Waals surface area contributed by atoms with Gasteiger partial charge in [-0.15, -0.1) is 0 Å². The predicted octanol–water partition coefficient (Wildman–Crippen LogP) is 4.42. The largest absolute Gasteiger partial charge is 0.496 e. The lowest BCUT2D eigenvalue weighted by atomic mass is 9.79. The number of rotatable bonds is 9. The first-order valence-corrected chi connectivity index (χ1v) is 16.8. The van der Waals surface area contributed by atoms with Gasteiger partial charge in [-0.1, -0.05) is 30.3 Å². The Balaban J connectivity index is 1.01. The van der Waals surface area contributed by atoms with E-state index in [1.807, 2.05) is 12.1 Å². The quantitative estimate of drug-likeness (QED) is 0.268. The fraction of sp³-hybridized carbons (Fsp3) is 0.368. The van der Waals surface area contributed by atoms with Gasteiger partial charge < -0.3 is 20.1 Å². The average Bonchev–Trinajstić information content (AvgIpc) is 3.68. The van der Waals surface area contributed by atoms with E-state index < -0.39 is 11.6 Å². The second-order valence-corrected chi connectivity index (χ2v) is 14.3. The first-order valence-electron chi connectivity index (χ1n) is 16.8. The van der Waals surface area contributed by atoms with E-state index in [4.69, 9.17) is 9.47 Å². The summed E-state index contributed by atoms with van der Waals surface area (Å²) in [5.41, 5.74) is 3.20. The smallest absolute Gasteiger partial charge is 0.220 e. The molecule has 2 amide bonds. The Morgan fingerprint density at radius 2 is 1.38 bits per heavy atom. The Kier molecular flexibility index (Phi) is 8.03. The van der Waals surface area contributed by atoms with Crippen LogP contribution >= 0.6 is 0 Å². The van der Waals surface area contributed by atoms with Crippen LogP contribution < -0.4 is 20.1 Å². The summed E-state index contributed by atoms with van der Waals surface area (Å²) in [6.07, 6.45) is 2.59. The molecule has 2 aromatic carbocycles. The number of halogens is 2. The molecule has 4 aromatic rings. The molecule has 0 aliphatic carbocycles. The molecule has 6 heterocycles. The maximum absolute atomic E-state index is 16.3. The van der Waals surface area contributed by atoms with E-state index in [1.165, 1.54) is 19.4 Å². The third kappa shape index (κ3) is 5.75. The number of ether oxygens (including phenoxy) is 2. The Morgan fingerprint density at radius 1 is 0.760 bits per heavy atom. The number of amides is 2. The molecular weight excluding hydrogens is 642 g/mol. The molecular formula is C38H38F2N6O4. The zero-order valence-electron chi connectivity index (χ0n) is 28.0. The average molecular weight is 681 g/mol. The van der Waals surface area contributed by atoms with Gasteiger partial charge in [0.2, 0.25) is 17.7 Å². The normalized spacial score (nSPS) is 19.3. The number of methoxy groups -OCH3 is 2. The Labute approximate surface area is 288 Å². The summed E-state index contributed by atoms with van der Waals surface area (Å²) >= 11 is 0. The van der Waals surface area contributed by atoms with Crippen LogP contribution in [0.5, 0.6) is 11.6 Å². The van der Waals surface area contributed by atoms with Crippen molar-refractivity contribution in [3.05, 3.63) is 83.6 Å². The maximum Gasteiger partial charge on any atom is 0.220 e. The molecule has 8 rings (SSSR count). The summed E-state index contributed by atoms with van der Waals surface area (Å²) in [5.74, 6) is -0.0454. The van der Waals surface area contributed by atoms with E-state index in [2.05, 4.69) is 30.4 Å². The topological polar surface area (TPSA) is 109 Å². The van der Waals surface area contributed by atoms with Crippen LogP contribution in [0.1, 0.15) is 24.0 Å². The first kappa shape index (κ1) is 32.3. The molecule has 4 fully saturated rings. The third-order valence-electron chi connectivity index (χ3n) is 10.6. The first-order chi connectivity index (χ1) is 24.2. The van der Waals surface area contributed by atoms with Gasteiger partial charge in [0.1, 0.15) is 17.3 Å². The minimum atomic E-state index is -0.645. The maximum atomic E-state index is 16.3. The number of aromatic nitrogens is 2. The molecule has 50 heavy (non-hydrogen) atoms. The fourth-order valence-corrected chi connectivity index (χ4v) is 8.19. The van der Waals surface area contributed by atoms with Gasteiger partial charge in [0.05, 0.1) is 19.9 Å². The zero-order chi connectivity index (χ0) is 34.6. The summed E-state index contributed by atoms with van der Waals surface area (Å²) in [7, 11) is 3.11. The summed E-state index contributed by atoms with van der Waals surface area (Å²) in [4.78, 5) is 36.9. The summed E-state index contributed by atoms with van der Waals surface area (Å²) in [5, 5.41) is 5.85. The molecule has 0 radical (unpaired) electrons. The number of nitrogens with one attached hydrogen (secondary N) is 2. The predicted molar refractivity (Wildman–Crippen MR) is 182 cm³/mol. The van der Waals surface area contributed by atoms with Crippen LogP contribution in [0, 0.1) is 22.5 Å². The molecule has 0 bridgehead atoms. The van der Waals surface area contributed by atoms with Gasteiger partial charge in [-0.3, -0.25) is 24.4 Å². The van der Waals surface area contributed by atoms with Crippen LogP contribution in [-0.4, -0.2) is 85.1 Å².